The molecule has 0 bridgehead atoms. The Bertz CT molecular complexity index is 954. The van der Waals surface area contributed by atoms with Crippen molar-refractivity contribution in [1.29, 1.82) is 0 Å². The van der Waals surface area contributed by atoms with Crippen LogP contribution >= 0.6 is 0 Å². The summed E-state index contributed by atoms with van der Waals surface area (Å²) in [6.45, 7) is 6.66. The highest BCUT2D eigenvalue weighted by atomic mass is 16.5. The third-order valence-electron chi connectivity index (χ3n) is 5.41. The van der Waals surface area contributed by atoms with Crippen molar-refractivity contribution < 1.29 is 14.3 Å². The highest BCUT2D eigenvalue weighted by Crippen LogP contribution is 2.36. The molecule has 0 unspecified atom stereocenters. The first-order valence-electron chi connectivity index (χ1n) is 10.1. The van der Waals surface area contributed by atoms with Gasteiger partial charge in [0.25, 0.3) is 0 Å². The maximum atomic E-state index is 13.0. The van der Waals surface area contributed by atoms with Crippen LogP contribution in [0.25, 0.3) is 0 Å². The molecule has 4 N–H and O–H groups in total. The Balaban J connectivity index is 1.59. The van der Waals surface area contributed by atoms with Crippen molar-refractivity contribution in [2.24, 2.45) is 0 Å². The number of hydrogen-bond donors (Lipinski definition) is 3. The standard InChI is InChI=1S/C21H26N6O3/c1-12(2)13-3-5-14(6-4-13)23-20(29)15-11-16(28)24-19-17(15)18(22)25-21(26-19)27-7-9-30-10-8-27/h3-6,12,15H,7-11H2,1-2H3,(H,23,29)(H3,22,24,25,26,28)/t15-/m1/s1. The minimum absolute atomic E-state index is 0.00658. The van der Waals surface area contributed by atoms with Crippen LogP contribution in [0.4, 0.5) is 23.3 Å². The number of nitrogen functional groups attached to an aromatic ring is 1. The van der Waals surface area contributed by atoms with E-state index in [4.69, 9.17) is 10.5 Å². The summed E-state index contributed by atoms with van der Waals surface area (Å²) in [5.41, 5.74) is 8.54. The second-order valence-electron chi connectivity index (χ2n) is 7.84. The van der Waals surface area contributed by atoms with Gasteiger partial charge in [-0.05, 0) is 23.6 Å². The first-order chi connectivity index (χ1) is 14.4. The molecule has 1 atom stereocenters. The van der Waals surface area contributed by atoms with Gasteiger partial charge in [0.2, 0.25) is 17.8 Å². The number of carbonyl (C=O) groups is 2. The number of anilines is 4. The fraction of sp³-hybridized carbons (Fsp3) is 0.429. The molecule has 0 radical (unpaired) electrons. The van der Waals surface area contributed by atoms with Crippen molar-refractivity contribution >= 4 is 35.1 Å². The minimum Gasteiger partial charge on any atom is -0.383 e. The van der Waals surface area contributed by atoms with Crippen LogP contribution in [0.3, 0.4) is 0 Å². The molecular formula is C21H26N6O3. The molecule has 2 aliphatic rings. The smallest absolute Gasteiger partial charge is 0.232 e. The lowest BCUT2D eigenvalue weighted by Gasteiger charge is -2.30. The molecule has 1 aromatic carbocycles. The van der Waals surface area contributed by atoms with Gasteiger partial charge in [-0.1, -0.05) is 26.0 Å². The summed E-state index contributed by atoms with van der Waals surface area (Å²) < 4.78 is 5.36. The number of fused-ring (bicyclic) bond motifs is 1. The Hall–Kier alpha value is -3.20. The number of amides is 2. The Morgan fingerprint density at radius 2 is 1.93 bits per heavy atom. The van der Waals surface area contributed by atoms with Crippen molar-refractivity contribution in [1.82, 2.24) is 9.97 Å². The summed E-state index contributed by atoms with van der Waals surface area (Å²) in [6, 6.07) is 7.68. The molecule has 1 saturated heterocycles. The van der Waals surface area contributed by atoms with Gasteiger partial charge in [0.1, 0.15) is 11.6 Å². The Labute approximate surface area is 175 Å². The maximum Gasteiger partial charge on any atom is 0.232 e. The lowest BCUT2D eigenvalue weighted by Crippen LogP contribution is -2.38. The summed E-state index contributed by atoms with van der Waals surface area (Å²) >= 11 is 0. The fourth-order valence-corrected chi connectivity index (χ4v) is 3.69. The van der Waals surface area contributed by atoms with Crippen LogP contribution in [0.15, 0.2) is 24.3 Å². The SMILES string of the molecule is CC(C)c1ccc(NC(=O)[C@@H]2CC(=O)Nc3nc(N4CCOCC4)nc(N)c32)cc1. The molecular weight excluding hydrogens is 384 g/mol. The lowest BCUT2D eigenvalue weighted by atomic mass is 9.91. The van der Waals surface area contributed by atoms with Crippen LogP contribution in [0, 0.1) is 0 Å². The van der Waals surface area contributed by atoms with Gasteiger partial charge < -0.3 is 26.0 Å². The van der Waals surface area contributed by atoms with Crippen molar-refractivity contribution in [2.75, 3.05) is 47.6 Å². The molecule has 158 valence electrons. The number of benzene rings is 1. The number of nitrogens with one attached hydrogen (secondary N) is 2. The van der Waals surface area contributed by atoms with E-state index in [1.54, 1.807) is 0 Å². The Morgan fingerprint density at radius 1 is 1.23 bits per heavy atom. The van der Waals surface area contributed by atoms with E-state index in [9.17, 15) is 9.59 Å². The van der Waals surface area contributed by atoms with E-state index in [2.05, 4.69) is 34.4 Å². The van der Waals surface area contributed by atoms with E-state index in [1.165, 1.54) is 5.56 Å². The topological polar surface area (TPSA) is 122 Å². The molecule has 3 heterocycles. The van der Waals surface area contributed by atoms with Crippen LogP contribution < -0.4 is 21.3 Å². The summed E-state index contributed by atoms with van der Waals surface area (Å²) in [7, 11) is 0. The molecule has 2 aromatic rings. The number of hydrogen-bond acceptors (Lipinski definition) is 7. The van der Waals surface area contributed by atoms with E-state index in [0.717, 1.165) is 0 Å². The van der Waals surface area contributed by atoms with Gasteiger partial charge in [-0.15, -0.1) is 0 Å². The quantitative estimate of drug-likeness (QED) is 0.705. The predicted octanol–water partition coefficient (Wildman–Crippen LogP) is 2.08. The number of carbonyl (C=O) groups excluding carboxylic acids is 2. The number of morpholine rings is 1. The van der Waals surface area contributed by atoms with Gasteiger partial charge >= 0.3 is 0 Å². The monoisotopic (exact) mass is 410 g/mol. The molecule has 0 aliphatic carbocycles. The average Bonchev–Trinajstić information content (AvgIpc) is 2.73. The normalized spacial score (nSPS) is 18.7. The molecule has 2 aliphatic heterocycles. The lowest BCUT2D eigenvalue weighted by molar-refractivity contribution is -0.123. The van der Waals surface area contributed by atoms with Crippen molar-refractivity contribution in [2.45, 2.75) is 32.1 Å². The number of rotatable bonds is 4. The van der Waals surface area contributed by atoms with Gasteiger partial charge in [-0.3, -0.25) is 9.59 Å². The first-order valence-corrected chi connectivity index (χ1v) is 10.1. The van der Waals surface area contributed by atoms with Crippen LogP contribution in [0.1, 0.15) is 43.2 Å². The van der Waals surface area contributed by atoms with Gasteiger partial charge in [0.15, 0.2) is 0 Å². The largest absolute Gasteiger partial charge is 0.383 e. The second-order valence-corrected chi connectivity index (χ2v) is 7.84. The second kappa shape index (κ2) is 8.27. The Kier molecular flexibility index (Phi) is 5.54. The average molecular weight is 410 g/mol. The predicted molar refractivity (Wildman–Crippen MR) is 115 cm³/mol. The molecule has 2 amide bonds. The number of ether oxygens (including phenoxy) is 1. The van der Waals surface area contributed by atoms with E-state index in [1.807, 2.05) is 29.2 Å². The van der Waals surface area contributed by atoms with Gasteiger partial charge in [-0.2, -0.15) is 9.97 Å². The summed E-state index contributed by atoms with van der Waals surface area (Å²) in [5, 5.41) is 5.63. The highest BCUT2D eigenvalue weighted by molar-refractivity contribution is 6.05. The maximum absolute atomic E-state index is 13.0. The third-order valence-corrected chi connectivity index (χ3v) is 5.41. The molecule has 0 spiro atoms. The van der Waals surface area contributed by atoms with E-state index in [-0.39, 0.29) is 24.1 Å². The van der Waals surface area contributed by atoms with Gasteiger partial charge in [0, 0.05) is 25.2 Å². The van der Waals surface area contributed by atoms with Crippen molar-refractivity contribution in [3.63, 3.8) is 0 Å². The molecule has 4 rings (SSSR count). The minimum atomic E-state index is -0.753. The fourth-order valence-electron chi connectivity index (χ4n) is 3.69. The highest BCUT2D eigenvalue weighted by Gasteiger charge is 2.35. The molecule has 0 saturated carbocycles. The van der Waals surface area contributed by atoms with E-state index in [0.29, 0.717) is 55.2 Å². The Morgan fingerprint density at radius 3 is 2.60 bits per heavy atom. The van der Waals surface area contributed by atoms with Crippen LogP contribution in [0.2, 0.25) is 0 Å². The van der Waals surface area contributed by atoms with Crippen LogP contribution in [0.5, 0.6) is 0 Å². The molecule has 9 nitrogen and oxygen atoms in total. The van der Waals surface area contributed by atoms with E-state index >= 15 is 0 Å². The van der Waals surface area contributed by atoms with Gasteiger partial charge in [-0.25, -0.2) is 0 Å². The zero-order valence-electron chi connectivity index (χ0n) is 17.1. The number of nitrogens with two attached hydrogens (primary N) is 1. The molecule has 1 fully saturated rings. The first kappa shape index (κ1) is 20.1. The molecule has 9 heteroatoms. The van der Waals surface area contributed by atoms with E-state index < -0.39 is 5.92 Å². The zero-order chi connectivity index (χ0) is 21.3. The summed E-state index contributed by atoms with van der Waals surface area (Å²) in [6.07, 6.45) is -0.00658. The van der Waals surface area contributed by atoms with Crippen LogP contribution in [-0.4, -0.2) is 48.1 Å². The molecule has 30 heavy (non-hydrogen) atoms. The molecule has 1 aromatic heterocycles. The summed E-state index contributed by atoms with van der Waals surface area (Å²) in [5.74, 6) is 0.00715. The van der Waals surface area contributed by atoms with Crippen LogP contribution in [-0.2, 0) is 14.3 Å². The summed E-state index contributed by atoms with van der Waals surface area (Å²) in [4.78, 5) is 36.1. The third kappa shape index (κ3) is 4.06. The zero-order valence-corrected chi connectivity index (χ0v) is 17.1. The van der Waals surface area contributed by atoms with Gasteiger partial charge in [0.05, 0.1) is 24.7 Å². The number of nitrogens with zero attached hydrogens (tertiary/aromatic N) is 3. The van der Waals surface area contributed by atoms with Crippen molar-refractivity contribution in [3.8, 4) is 0 Å². The van der Waals surface area contributed by atoms with Crippen molar-refractivity contribution in [3.05, 3.63) is 35.4 Å². The number of aromatic nitrogens is 2.